The Morgan fingerprint density at radius 1 is 1.43 bits per heavy atom. The standard InChI is InChI=1S/C16H24N2O2S/c1-5-11(2)13-14(19)17-16(3,4)15(20)18(13)9-8-12-7-6-10-21-12/h6-7,10-11,13H,5,8-9H2,1-4H3,(H,17,19). The number of carbonyl (C=O) groups excluding carboxylic acids is 2. The molecule has 1 fully saturated rings. The van der Waals surface area contributed by atoms with Crippen molar-refractivity contribution in [1.29, 1.82) is 0 Å². The summed E-state index contributed by atoms with van der Waals surface area (Å²) in [5, 5.41) is 4.90. The van der Waals surface area contributed by atoms with Gasteiger partial charge in [-0.05, 0) is 37.6 Å². The van der Waals surface area contributed by atoms with E-state index in [2.05, 4.69) is 18.3 Å². The minimum absolute atomic E-state index is 0.0176. The molecule has 2 heterocycles. The Hall–Kier alpha value is -1.36. The van der Waals surface area contributed by atoms with E-state index in [1.165, 1.54) is 4.88 Å². The summed E-state index contributed by atoms with van der Waals surface area (Å²) in [6, 6.07) is 3.74. The minimum Gasteiger partial charge on any atom is -0.340 e. The number of nitrogens with one attached hydrogen (secondary N) is 1. The molecule has 21 heavy (non-hydrogen) atoms. The number of carbonyl (C=O) groups is 2. The third-order valence-corrected chi connectivity index (χ3v) is 5.13. The van der Waals surface area contributed by atoms with Crippen LogP contribution < -0.4 is 5.32 Å². The molecule has 1 N–H and O–H groups in total. The van der Waals surface area contributed by atoms with Crippen LogP contribution in [0.15, 0.2) is 17.5 Å². The van der Waals surface area contributed by atoms with Crippen molar-refractivity contribution in [3.05, 3.63) is 22.4 Å². The molecular weight excluding hydrogens is 284 g/mol. The smallest absolute Gasteiger partial charge is 0.248 e. The van der Waals surface area contributed by atoms with Crippen LogP contribution in [0.3, 0.4) is 0 Å². The van der Waals surface area contributed by atoms with Crippen molar-refractivity contribution in [3.63, 3.8) is 0 Å². The maximum atomic E-state index is 12.7. The first-order valence-electron chi connectivity index (χ1n) is 7.52. The Balaban J connectivity index is 2.20. The van der Waals surface area contributed by atoms with Crippen molar-refractivity contribution in [2.24, 2.45) is 5.92 Å². The van der Waals surface area contributed by atoms with Crippen LogP contribution in [0.25, 0.3) is 0 Å². The molecule has 1 aromatic heterocycles. The Bertz CT molecular complexity index is 510. The monoisotopic (exact) mass is 308 g/mol. The van der Waals surface area contributed by atoms with Gasteiger partial charge in [-0.1, -0.05) is 26.3 Å². The Labute approximate surface area is 130 Å². The van der Waals surface area contributed by atoms with Crippen LogP contribution in [-0.2, 0) is 16.0 Å². The predicted molar refractivity (Wildman–Crippen MR) is 85.2 cm³/mol. The number of piperazine rings is 1. The number of nitrogens with zero attached hydrogens (tertiary/aromatic N) is 1. The lowest BCUT2D eigenvalue weighted by Crippen LogP contribution is -2.69. The molecular formula is C16H24N2O2S. The lowest BCUT2D eigenvalue weighted by atomic mass is 9.89. The fraction of sp³-hybridized carbons (Fsp3) is 0.625. The highest BCUT2D eigenvalue weighted by Crippen LogP contribution is 2.25. The normalized spacial score (nSPS) is 23.0. The van der Waals surface area contributed by atoms with Crippen LogP contribution in [0.1, 0.15) is 39.0 Å². The van der Waals surface area contributed by atoms with Crippen LogP contribution in [0.5, 0.6) is 0 Å². The second-order valence-corrected chi connectivity index (χ2v) is 7.30. The molecule has 1 aliphatic heterocycles. The number of rotatable bonds is 5. The zero-order valence-electron chi connectivity index (χ0n) is 13.2. The van der Waals surface area contributed by atoms with Gasteiger partial charge in [-0.3, -0.25) is 9.59 Å². The number of hydrogen-bond donors (Lipinski definition) is 1. The quantitative estimate of drug-likeness (QED) is 0.908. The molecule has 1 saturated heterocycles. The van der Waals surface area contributed by atoms with Gasteiger partial charge in [0.05, 0.1) is 0 Å². The minimum atomic E-state index is -0.809. The second kappa shape index (κ2) is 6.18. The van der Waals surface area contributed by atoms with E-state index in [9.17, 15) is 9.59 Å². The van der Waals surface area contributed by atoms with Gasteiger partial charge in [0.2, 0.25) is 11.8 Å². The van der Waals surface area contributed by atoms with Crippen LogP contribution in [-0.4, -0.2) is 34.8 Å². The van der Waals surface area contributed by atoms with Gasteiger partial charge in [-0.15, -0.1) is 11.3 Å². The summed E-state index contributed by atoms with van der Waals surface area (Å²) in [7, 11) is 0. The first kappa shape index (κ1) is 16.0. The van der Waals surface area contributed by atoms with Gasteiger partial charge >= 0.3 is 0 Å². The highest BCUT2D eigenvalue weighted by Gasteiger charge is 2.46. The molecule has 2 atom stereocenters. The molecule has 116 valence electrons. The molecule has 0 saturated carbocycles. The van der Waals surface area contributed by atoms with E-state index in [1.54, 1.807) is 30.1 Å². The van der Waals surface area contributed by atoms with Crippen LogP contribution in [0, 0.1) is 5.92 Å². The molecule has 5 heteroatoms. The van der Waals surface area contributed by atoms with Crippen molar-refractivity contribution in [3.8, 4) is 0 Å². The molecule has 0 aromatic carbocycles. The average molecular weight is 308 g/mol. The van der Waals surface area contributed by atoms with Crippen molar-refractivity contribution in [2.75, 3.05) is 6.54 Å². The van der Waals surface area contributed by atoms with Gasteiger partial charge < -0.3 is 10.2 Å². The lowest BCUT2D eigenvalue weighted by molar-refractivity contribution is -0.155. The highest BCUT2D eigenvalue weighted by atomic mass is 32.1. The number of hydrogen-bond acceptors (Lipinski definition) is 3. The molecule has 2 unspecified atom stereocenters. The third-order valence-electron chi connectivity index (χ3n) is 4.20. The lowest BCUT2D eigenvalue weighted by Gasteiger charge is -2.44. The first-order valence-corrected chi connectivity index (χ1v) is 8.40. The predicted octanol–water partition coefficient (Wildman–Crippen LogP) is 2.44. The first-order chi connectivity index (χ1) is 9.86. The van der Waals surface area contributed by atoms with Gasteiger partial charge in [-0.25, -0.2) is 0 Å². The molecule has 0 bridgehead atoms. The van der Waals surface area contributed by atoms with Crippen molar-refractivity contribution in [1.82, 2.24) is 10.2 Å². The van der Waals surface area contributed by atoms with Crippen LogP contribution >= 0.6 is 11.3 Å². The van der Waals surface area contributed by atoms with Gasteiger partial charge in [0.1, 0.15) is 11.6 Å². The van der Waals surface area contributed by atoms with E-state index in [1.807, 2.05) is 18.4 Å². The van der Waals surface area contributed by atoms with E-state index < -0.39 is 5.54 Å². The second-order valence-electron chi connectivity index (χ2n) is 6.27. The topological polar surface area (TPSA) is 49.4 Å². The Kier molecular flexibility index (Phi) is 4.71. The molecule has 0 radical (unpaired) electrons. The summed E-state index contributed by atoms with van der Waals surface area (Å²) in [5.41, 5.74) is -0.809. The largest absolute Gasteiger partial charge is 0.340 e. The molecule has 1 aliphatic rings. The van der Waals surface area contributed by atoms with Crippen molar-refractivity contribution in [2.45, 2.75) is 52.1 Å². The third kappa shape index (κ3) is 3.28. The van der Waals surface area contributed by atoms with Crippen LogP contribution in [0.2, 0.25) is 0 Å². The molecule has 0 aliphatic carbocycles. The van der Waals surface area contributed by atoms with E-state index in [-0.39, 0.29) is 23.8 Å². The summed E-state index contributed by atoms with van der Waals surface area (Å²) < 4.78 is 0. The highest BCUT2D eigenvalue weighted by molar-refractivity contribution is 7.09. The zero-order chi connectivity index (χ0) is 15.6. The number of amides is 2. The summed E-state index contributed by atoms with van der Waals surface area (Å²) in [6.45, 7) is 8.25. The van der Waals surface area contributed by atoms with Gasteiger partial charge in [0.15, 0.2) is 0 Å². The fourth-order valence-corrected chi connectivity index (χ4v) is 3.48. The van der Waals surface area contributed by atoms with Gasteiger partial charge in [0, 0.05) is 11.4 Å². The Morgan fingerprint density at radius 2 is 2.14 bits per heavy atom. The average Bonchev–Trinajstić information content (AvgIpc) is 2.93. The molecule has 2 amide bonds. The Morgan fingerprint density at radius 3 is 2.71 bits per heavy atom. The zero-order valence-corrected chi connectivity index (χ0v) is 14.0. The van der Waals surface area contributed by atoms with Crippen LogP contribution in [0.4, 0.5) is 0 Å². The van der Waals surface area contributed by atoms with E-state index in [0.717, 1.165) is 12.8 Å². The van der Waals surface area contributed by atoms with Crippen molar-refractivity contribution >= 4 is 23.2 Å². The molecule has 2 rings (SSSR count). The maximum absolute atomic E-state index is 12.7. The van der Waals surface area contributed by atoms with Crippen molar-refractivity contribution < 1.29 is 9.59 Å². The molecule has 4 nitrogen and oxygen atoms in total. The van der Waals surface area contributed by atoms with E-state index in [4.69, 9.17) is 0 Å². The maximum Gasteiger partial charge on any atom is 0.248 e. The van der Waals surface area contributed by atoms with Gasteiger partial charge in [-0.2, -0.15) is 0 Å². The molecule has 1 aromatic rings. The fourth-order valence-electron chi connectivity index (χ4n) is 2.78. The summed E-state index contributed by atoms with van der Waals surface area (Å²) in [4.78, 5) is 28.2. The van der Waals surface area contributed by atoms with E-state index >= 15 is 0 Å². The summed E-state index contributed by atoms with van der Waals surface area (Å²) in [6.07, 6.45) is 1.68. The SMILES string of the molecule is CCC(C)C1C(=O)NC(C)(C)C(=O)N1CCc1cccs1. The number of thiophene rings is 1. The summed E-state index contributed by atoms with van der Waals surface area (Å²) >= 11 is 1.69. The molecule has 0 spiro atoms. The van der Waals surface area contributed by atoms with Gasteiger partial charge in [0.25, 0.3) is 0 Å². The van der Waals surface area contributed by atoms with E-state index in [0.29, 0.717) is 6.54 Å². The summed E-state index contributed by atoms with van der Waals surface area (Å²) in [5.74, 6) is 0.150.